The van der Waals surface area contributed by atoms with Crippen LogP contribution in [-0.2, 0) is 17.8 Å². The lowest BCUT2D eigenvalue weighted by Crippen LogP contribution is -2.07. The van der Waals surface area contributed by atoms with Gasteiger partial charge in [-0.15, -0.1) is 0 Å². The van der Waals surface area contributed by atoms with Gasteiger partial charge in [0.2, 0.25) is 0 Å². The number of carbonyl (C=O) groups excluding carboxylic acids is 1. The summed E-state index contributed by atoms with van der Waals surface area (Å²) in [6.07, 6.45) is 5.59. The number of aromatic nitrogens is 1. The third-order valence-electron chi connectivity index (χ3n) is 4.82. The van der Waals surface area contributed by atoms with Crippen molar-refractivity contribution < 1.29 is 14.3 Å². The lowest BCUT2D eigenvalue weighted by Gasteiger charge is -2.13. The topological polar surface area (TPSA) is 48.4 Å². The summed E-state index contributed by atoms with van der Waals surface area (Å²) in [5.41, 5.74) is 3.25. The normalized spacial score (nSPS) is 10.8. The van der Waals surface area contributed by atoms with Crippen LogP contribution in [-0.4, -0.2) is 18.1 Å². The quantitative estimate of drug-likeness (QED) is 0.353. The molecule has 0 bridgehead atoms. The largest absolute Gasteiger partial charge is 0.487 e. The van der Waals surface area contributed by atoms with Crippen molar-refractivity contribution in [3.05, 3.63) is 71.4 Å². The molecular weight excluding hydrogens is 350 g/mol. The number of hydrogen-bond acceptors (Lipinski definition) is 4. The van der Waals surface area contributed by atoms with Gasteiger partial charge in [-0.05, 0) is 36.1 Å². The van der Waals surface area contributed by atoms with Gasteiger partial charge >= 0.3 is 5.97 Å². The summed E-state index contributed by atoms with van der Waals surface area (Å²) >= 11 is 0. The van der Waals surface area contributed by atoms with Crippen molar-refractivity contribution in [2.45, 2.75) is 45.6 Å². The van der Waals surface area contributed by atoms with E-state index in [1.54, 1.807) is 0 Å². The van der Waals surface area contributed by atoms with Crippen LogP contribution < -0.4 is 4.74 Å². The Hall–Kier alpha value is -2.88. The van der Waals surface area contributed by atoms with Crippen LogP contribution in [0.1, 0.15) is 54.2 Å². The average Bonchev–Trinajstić information content (AvgIpc) is 2.75. The molecule has 0 spiro atoms. The summed E-state index contributed by atoms with van der Waals surface area (Å²) in [7, 11) is 1.38. The van der Waals surface area contributed by atoms with Gasteiger partial charge in [0, 0.05) is 5.39 Å². The number of fused-ring (bicyclic) bond motifs is 1. The number of esters is 1. The highest BCUT2D eigenvalue weighted by molar-refractivity contribution is 5.94. The maximum atomic E-state index is 12.2. The first-order valence-electron chi connectivity index (χ1n) is 9.90. The van der Waals surface area contributed by atoms with Gasteiger partial charge in [0.25, 0.3) is 0 Å². The SMILES string of the molecule is CCCCCCc1cc(C(=O)OC)nc2c(OCc3ccccc3)cccc12. The number of benzene rings is 2. The fraction of sp³-hybridized carbons (Fsp3) is 0.333. The second-order valence-electron chi connectivity index (χ2n) is 6.90. The number of rotatable bonds is 9. The van der Waals surface area contributed by atoms with E-state index in [1.807, 2.05) is 54.6 Å². The Labute approximate surface area is 166 Å². The van der Waals surface area contributed by atoms with Crippen LogP contribution in [0.2, 0.25) is 0 Å². The lowest BCUT2D eigenvalue weighted by atomic mass is 10.0. The van der Waals surface area contributed by atoms with Crippen LogP contribution in [0.25, 0.3) is 10.9 Å². The Bertz CT molecular complexity index is 922. The fourth-order valence-electron chi connectivity index (χ4n) is 3.30. The van der Waals surface area contributed by atoms with E-state index in [1.165, 1.54) is 26.4 Å². The number of pyridine rings is 1. The molecule has 0 saturated heterocycles. The highest BCUT2D eigenvalue weighted by Gasteiger charge is 2.15. The number of nitrogens with zero attached hydrogens (tertiary/aromatic N) is 1. The van der Waals surface area contributed by atoms with E-state index in [4.69, 9.17) is 9.47 Å². The maximum absolute atomic E-state index is 12.2. The standard InChI is InChI=1S/C24H27NO3/c1-3-4-5-9-13-19-16-21(24(26)27-2)25-23-20(19)14-10-15-22(23)28-17-18-11-7-6-8-12-18/h6-8,10-12,14-16H,3-5,9,13,17H2,1-2H3. The summed E-state index contributed by atoms with van der Waals surface area (Å²) in [5.74, 6) is 0.261. The molecule has 2 aromatic carbocycles. The van der Waals surface area contributed by atoms with Crippen molar-refractivity contribution in [1.82, 2.24) is 4.98 Å². The lowest BCUT2D eigenvalue weighted by molar-refractivity contribution is 0.0594. The third kappa shape index (κ3) is 4.89. The predicted molar refractivity (Wildman–Crippen MR) is 112 cm³/mol. The Morgan fingerprint density at radius 3 is 2.57 bits per heavy atom. The molecule has 0 aliphatic rings. The Morgan fingerprint density at radius 1 is 1.00 bits per heavy atom. The molecule has 1 aromatic heterocycles. The molecule has 0 aliphatic heterocycles. The Balaban J connectivity index is 1.94. The van der Waals surface area contributed by atoms with Crippen LogP contribution in [0.5, 0.6) is 5.75 Å². The molecule has 0 aliphatic carbocycles. The maximum Gasteiger partial charge on any atom is 0.356 e. The average molecular weight is 377 g/mol. The van der Waals surface area contributed by atoms with E-state index < -0.39 is 5.97 Å². The molecule has 4 heteroatoms. The second kappa shape index (κ2) is 9.88. The molecule has 0 fully saturated rings. The first-order valence-corrected chi connectivity index (χ1v) is 9.90. The van der Waals surface area contributed by atoms with Crippen LogP contribution in [0.4, 0.5) is 0 Å². The Morgan fingerprint density at radius 2 is 1.82 bits per heavy atom. The summed E-state index contributed by atoms with van der Waals surface area (Å²) < 4.78 is 11.0. The molecule has 0 unspecified atom stereocenters. The van der Waals surface area contributed by atoms with Gasteiger partial charge in [-0.3, -0.25) is 0 Å². The van der Waals surface area contributed by atoms with E-state index in [9.17, 15) is 4.79 Å². The molecule has 4 nitrogen and oxygen atoms in total. The number of carbonyl (C=O) groups is 1. The monoisotopic (exact) mass is 377 g/mol. The molecule has 3 aromatic rings. The number of methoxy groups -OCH3 is 1. The van der Waals surface area contributed by atoms with Crippen molar-refractivity contribution in [3.8, 4) is 5.75 Å². The zero-order chi connectivity index (χ0) is 19.8. The van der Waals surface area contributed by atoms with E-state index in [0.717, 1.165) is 29.4 Å². The summed E-state index contributed by atoms with van der Waals surface area (Å²) in [4.78, 5) is 16.7. The fourth-order valence-corrected chi connectivity index (χ4v) is 3.30. The molecule has 28 heavy (non-hydrogen) atoms. The molecule has 0 atom stereocenters. The van der Waals surface area contributed by atoms with E-state index >= 15 is 0 Å². The van der Waals surface area contributed by atoms with E-state index in [2.05, 4.69) is 11.9 Å². The molecule has 3 rings (SSSR count). The van der Waals surface area contributed by atoms with Crippen LogP contribution >= 0.6 is 0 Å². The third-order valence-corrected chi connectivity index (χ3v) is 4.82. The van der Waals surface area contributed by atoms with Gasteiger partial charge < -0.3 is 9.47 Å². The van der Waals surface area contributed by atoms with Crippen LogP contribution in [0.15, 0.2) is 54.6 Å². The van der Waals surface area contributed by atoms with Gasteiger partial charge in [0.05, 0.1) is 7.11 Å². The number of ether oxygens (including phenoxy) is 2. The van der Waals surface area contributed by atoms with Crippen molar-refractivity contribution in [2.24, 2.45) is 0 Å². The molecule has 0 radical (unpaired) electrons. The highest BCUT2D eigenvalue weighted by Crippen LogP contribution is 2.29. The molecule has 0 saturated carbocycles. The minimum atomic E-state index is -0.422. The van der Waals surface area contributed by atoms with Crippen molar-refractivity contribution >= 4 is 16.9 Å². The smallest absolute Gasteiger partial charge is 0.356 e. The van der Waals surface area contributed by atoms with Gasteiger partial charge in [-0.25, -0.2) is 9.78 Å². The predicted octanol–water partition coefficient (Wildman–Crippen LogP) is 5.72. The number of para-hydroxylation sites is 1. The molecule has 0 N–H and O–H groups in total. The summed E-state index contributed by atoms with van der Waals surface area (Å²) in [6.45, 7) is 2.66. The minimum absolute atomic E-state index is 0.330. The van der Waals surface area contributed by atoms with Crippen LogP contribution in [0, 0.1) is 0 Å². The number of aryl methyl sites for hydroxylation is 1. The summed E-state index contributed by atoms with van der Waals surface area (Å²) in [5, 5.41) is 1.04. The minimum Gasteiger partial charge on any atom is -0.487 e. The van der Waals surface area contributed by atoms with Gasteiger partial charge in [-0.1, -0.05) is 68.7 Å². The first-order chi connectivity index (χ1) is 13.7. The highest BCUT2D eigenvalue weighted by atomic mass is 16.5. The number of hydrogen-bond donors (Lipinski definition) is 0. The molecule has 146 valence electrons. The van der Waals surface area contributed by atoms with Gasteiger partial charge in [-0.2, -0.15) is 0 Å². The zero-order valence-electron chi connectivity index (χ0n) is 16.6. The van der Waals surface area contributed by atoms with Crippen molar-refractivity contribution in [3.63, 3.8) is 0 Å². The summed E-state index contributed by atoms with van der Waals surface area (Å²) in [6, 6.07) is 17.8. The molecule has 1 heterocycles. The van der Waals surface area contributed by atoms with E-state index in [0.29, 0.717) is 23.6 Å². The Kier molecular flexibility index (Phi) is 7.01. The number of unbranched alkanes of at least 4 members (excludes halogenated alkanes) is 3. The van der Waals surface area contributed by atoms with Gasteiger partial charge in [0.15, 0.2) is 0 Å². The first kappa shape index (κ1) is 19.9. The molecular formula is C24H27NO3. The van der Waals surface area contributed by atoms with E-state index in [-0.39, 0.29) is 0 Å². The van der Waals surface area contributed by atoms with Crippen molar-refractivity contribution in [2.75, 3.05) is 7.11 Å². The van der Waals surface area contributed by atoms with Crippen LogP contribution in [0.3, 0.4) is 0 Å². The zero-order valence-corrected chi connectivity index (χ0v) is 16.6. The van der Waals surface area contributed by atoms with Crippen molar-refractivity contribution in [1.29, 1.82) is 0 Å². The second-order valence-corrected chi connectivity index (χ2v) is 6.90. The molecule has 0 amide bonds. The van der Waals surface area contributed by atoms with Gasteiger partial charge in [0.1, 0.15) is 23.6 Å².